The monoisotopic (exact) mass is 386 g/mol. The van der Waals surface area contributed by atoms with Crippen molar-refractivity contribution in [2.75, 3.05) is 13.1 Å². The first-order chi connectivity index (χ1) is 13.0. The van der Waals surface area contributed by atoms with E-state index in [1.165, 1.54) is 6.26 Å². The van der Waals surface area contributed by atoms with Crippen LogP contribution in [-0.2, 0) is 11.3 Å². The maximum absolute atomic E-state index is 12.3. The zero-order chi connectivity index (χ0) is 19.4. The van der Waals surface area contributed by atoms with Crippen LogP contribution in [0.4, 0.5) is 0 Å². The van der Waals surface area contributed by atoms with Crippen LogP contribution in [-0.4, -0.2) is 34.5 Å². The fraction of sp³-hybridized carbons (Fsp3) is 0.316. The van der Waals surface area contributed by atoms with Crippen LogP contribution in [0.1, 0.15) is 27.0 Å². The average Bonchev–Trinajstić information content (AvgIpc) is 3.36. The lowest BCUT2D eigenvalue weighted by Crippen LogP contribution is -2.36. The topological polar surface area (TPSA) is 89.2 Å². The van der Waals surface area contributed by atoms with E-state index in [0.29, 0.717) is 13.1 Å². The van der Waals surface area contributed by atoms with E-state index in [0.717, 1.165) is 27.7 Å². The molecule has 3 aromatic rings. The van der Waals surface area contributed by atoms with Crippen LogP contribution in [0, 0.1) is 20.8 Å². The molecule has 8 heteroatoms. The van der Waals surface area contributed by atoms with Crippen molar-refractivity contribution in [1.82, 2.24) is 20.2 Å². The molecule has 7 nitrogen and oxygen atoms in total. The smallest absolute Gasteiger partial charge is 0.287 e. The van der Waals surface area contributed by atoms with E-state index in [-0.39, 0.29) is 24.1 Å². The Balaban J connectivity index is 1.52. The molecular formula is C19H22N4O3S. The van der Waals surface area contributed by atoms with Gasteiger partial charge in [0.25, 0.3) is 5.91 Å². The summed E-state index contributed by atoms with van der Waals surface area (Å²) < 4.78 is 6.98. The maximum Gasteiger partial charge on any atom is 0.287 e. The molecule has 2 amide bonds. The number of rotatable bonds is 7. The molecule has 0 bridgehead atoms. The summed E-state index contributed by atoms with van der Waals surface area (Å²) in [7, 11) is 0. The standard InChI is InChI=1S/C19H22N4O3S/c1-12-9-15(16-11-27-14(3)22-16)13(2)23(12)10-18(24)20-6-7-21-19(25)17-5-4-8-26-17/h4-5,8-9,11H,6-7,10H2,1-3H3,(H,20,24)(H,21,25). The second-order valence-corrected chi connectivity index (χ2v) is 7.27. The molecule has 0 saturated carbocycles. The quantitative estimate of drug-likeness (QED) is 0.611. The molecule has 0 aliphatic carbocycles. The van der Waals surface area contributed by atoms with Crippen molar-refractivity contribution < 1.29 is 14.0 Å². The number of thiazole rings is 1. The van der Waals surface area contributed by atoms with Gasteiger partial charge in [0, 0.05) is 35.4 Å². The highest BCUT2D eigenvalue weighted by atomic mass is 32.1. The van der Waals surface area contributed by atoms with E-state index in [4.69, 9.17) is 4.42 Å². The van der Waals surface area contributed by atoms with E-state index >= 15 is 0 Å². The lowest BCUT2D eigenvalue weighted by molar-refractivity contribution is -0.121. The first kappa shape index (κ1) is 18.9. The zero-order valence-electron chi connectivity index (χ0n) is 15.5. The second kappa shape index (κ2) is 8.22. The summed E-state index contributed by atoms with van der Waals surface area (Å²) in [5.74, 6) is -0.149. The highest BCUT2D eigenvalue weighted by molar-refractivity contribution is 7.09. The first-order valence-electron chi connectivity index (χ1n) is 8.63. The summed E-state index contributed by atoms with van der Waals surface area (Å²) in [5.41, 5.74) is 4.02. The van der Waals surface area contributed by atoms with Crippen LogP contribution < -0.4 is 10.6 Å². The number of hydrogen-bond acceptors (Lipinski definition) is 5. The molecule has 0 saturated heterocycles. The number of furan rings is 1. The summed E-state index contributed by atoms with van der Waals surface area (Å²) >= 11 is 1.61. The van der Waals surface area contributed by atoms with Gasteiger partial charge in [-0.3, -0.25) is 9.59 Å². The molecule has 0 unspecified atom stereocenters. The van der Waals surface area contributed by atoms with Crippen LogP contribution in [0.3, 0.4) is 0 Å². The van der Waals surface area contributed by atoms with Crippen molar-refractivity contribution in [2.24, 2.45) is 0 Å². The van der Waals surface area contributed by atoms with Crippen LogP contribution in [0.5, 0.6) is 0 Å². The lowest BCUT2D eigenvalue weighted by Gasteiger charge is -2.10. The molecule has 0 fully saturated rings. The fourth-order valence-electron chi connectivity index (χ4n) is 2.86. The number of nitrogens with one attached hydrogen (secondary N) is 2. The molecule has 3 rings (SSSR count). The third-order valence-electron chi connectivity index (χ3n) is 4.25. The minimum Gasteiger partial charge on any atom is -0.459 e. The third-order valence-corrected chi connectivity index (χ3v) is 5.02. The predicted molar refractivity (Wildman–Crippen MR) is 104 cm³/mol. The van der Waals surface area contributed by atoms with Gasteiger partial charge in [-0.05, 0) is 39.0 Å². The third kappa shape index (κ3) is 4.46. The maximum atomic E-state index is 12.3. The summed E-state index contributed by atoms with van der Waals surface area (Å²) in [6.45, 7) is 6.86. The van der Waals surface area contributed by atoms with Crippen molar-refractivity contribution in [2.45, 2.75) is 27.3 Å². The van der Waals surface area contributed by atoms with E-state index in [1.807, 2.05) is 30.7 Å². The molecule has 3 aromatic heterocycles. The number of aryl methyl sites for hydroxylation is 2. The SMILES string of the molecule is Cc1nc(-c2cc(C)n(CC(=O)NCCNC(=O)c3ccco3)c2C)cs1. The van der Waals surface area contributed by atoms with Gasteiger partial charge in [-0.1, -0.05) is 0 Å². The summed E-state index contributed by atoms with van der Waals surface area (Å²) in [6.07, 6.45) is 1.44. The van der Waals surface area contributed by atoms with Gasteiger partial charge >= 0.3 is 0 Å². The van der Waals surface area contributed by atoms with Crippen molar-refractivity contribution in [1.29, 1.82) is 0 Å². The number of nitrogens with zero attached hydrogens (tertiary/aromatic N) is 2. The molecule has 0 aliphatic heterocycles. The Morgan fingerprint density at radius 3 is 2.67 bits per heavy atom. The Morgan fingerprint density at radius 2 is 2.00 bits per heavy atom. The fourth-order valence-corrected chi connectivity index (χ4v) is 3.48. The Labute approximate surface area is 161 Å². The number of hydrogen-bond donors (Lipinski definition) is 2. The summed E-state index contributed by atoms with van der Waals surface area (Å²) in [6, 6.07) is 5.30. The molecule has 142 valence electrons. The molecule has 0 radical (unpaired) electrons. The van der Waals surface area contributed by atoms with Gasteiger partial charge in [0.05, 0.1) is 17.0 Å². The van der Waals surface area contributed by atoms with Gasteiger partial charge in [-0.25, -0.2) is 4.98 Å². The summed E-state index contributed by atoms with van der Waals surface area (Å²) in [4.78, 5) is 28.5. The molecule has 0 spiro atoms. The molecule has 2 N–H and O–H groups in total. The van der Waals surface area contributed by atoms with Gasteiger partial charge in [0.2, 0.25) is 5.91 Å². The van der Waals surface area contributed by atoms with E-state index in [2.05, 4.69) is 21.7 Å². The van der Waals surface area contributed by atoms with Gasteiger partial charge in [-0.2, -0.15) is 0 Å². The lowest BCUT2D eigenvalue weighted by atomic mass is 10.2. The minimum absolute atomic E-state index is 0.106. The minimum atomic E-state index is -0.297. The molecule has 0 aliphatic rings. The molecule has 3 heterocycles. The van der Waals surface area contributed by atoms with E-state index in [9.17, 15) is 9.59 Å². The van der Waals surface area contributed by atoms with Gasteiger partial charge < -0.3 is 19.6 Å². The Kier molecular flexibility index (Phi) is 5.75. The van der Waals surface area contributed by atoms with Crippen LogP contribution in [0.2, 0.25) is 0 Å². The highest BCUT2D eigenvalue weighted by Crippen LogP contribution is 2.27. The van der Waals surface area contributed by atoms with E-state index in [1.54, 1.807) is 23.5 Å². The Hall–Kier alpha value is -2.87. The number of aromatic nitrogens is 2. The van der Waals surface area contributed by atoms with Crippen molar-refractivity contribution in [3.63, 3.8) is 0 Å². The molecule has 27 heavy (non-hydrogen) atoms. The normalized spacial score (nSPS) is 10.8. The highest BCUT2D eigenvalue weighted by Gasteiger charge is 2.15. The summed E-state index contributed by atoms with van der Waals surface area (Å²) in [5, 5.41) is 8.56. The van der Waals surface area contributed by atoms with Crippen molar-refractivity contribution in [3.8, 4) is 11.3 Å². The number of amides is 2. The first-order valence-corrected chi connectivity index (χ1v) is 9.51. The number of carbonyl (C=O) groups is 2. The number of carbonyl (C=O) groups excluding carboxylic acids is 2. The average molecular weight is 386 g/mol. The predicted octanol–water partition coefficient (Wildman–Crippen LogP) is 2.68. The van der Waals surface area contributed by atoms with Crippen molar-refractivity contribution in [3.05, 3.63) is 52.0 Å². The van der Waals surface area contributed by atoms with E-state index < -0.39 is 0 Å². The largest absolute Gasteiger partial charge is 0.459 e. The zero-order valence-corrected chi connectivity index (χ0v) is 16.4. The van der Waals surface area contributed by atoms with Crippen molar-refractivity contribution >= 4 is 23.2 Å². The Bertz CT molecular complexity index is 940. The second-order valence-electron chi connectivity index (χ2n) is 6.21. The van der Waals surface area contributed by atoms with Gasteiger partial charge in [-0.15, -0.1) is 11.3 Å². The molecular weight excluding hydrogens is 364 g/mol. The van der Waals surface area contributed by atoms with Crippen LogP contribution >= 0.6 is 11.3 Å². The van der Waals surface area contributed by atoms with Gasteiger partial charge in [0.1, 0.15) is 6.54 Å². The van der Waals surface area contributed by atoms with Crippen LogP contribution in [0.25, 0.3) is 11.3 Å². The molecule has 0 atom stereocenters. The Morgan fingerprint density at radius 1 is 1.22 bits per heavy atom. The van der Waals surface area contributed by atoms with Crippen LogP contribution in [0.15, 0.2) is 34.3 Å². The van der Waals surface area contributed by atoms with Gasteiger partial charge in [0.15, 0.2) is 5.76 Å². The molecule has 0 aromatic carbocycles.